The minimum atomic E-state index is -1.95. The predicted octanol–water partition coefficient (Wildman–Crippen LogP) is 6.11. The summed E-state index contributed by atoms with van der Waals surface area (Å²) in [6, 6.07) is 0. The van der Waals surface area contributed by atoms with Crippen LogP contribution in [0.2, 0.25) is 16.6 Å². The van der Waals surface area contributed by atoms with Crippen LogP contribution < -0.4 is 0 Å². The van der Waals surface area contributed by atoms with Crippen LogP contribution in [0.4, 0.5) is 0 Å². The highest BCUT2D eigenvalue weighted by Crippen LogP contribution is 2.59. The standard InChI is InChI=1S/C19H34O2Si/c1-2-9-19(20)21-22(16-10-3-4-11-16,17-12-5-6-13-17)18-14-7-8-15-18/h16-18H,2-15H2,1H3. The Balaban J connectivity index is 1.89. The largest absolute Gasteiger partial charge is 0.518 e. The molecule has 3 rings (SSSR count). The van der Waals surface area contributed by atoms with Gasteiger partial charge >= 0.3 is 0 Å². The van der Waals surface area contributed by atoms with Crippen molar-refractivity contribution >= 4 is 14.3 Å². The van der Waals surface area contributed by atoms with Crippen molar-refractivity contribution in [1.82, 2.24) is 0 Å². The molecule has 0 heterocycles. The van der Waals surface area contributed by atoms with Gasteiger partial charge in [-0.2, -0.15) is 0 Å². The summed E-state index contributed by atoms with van der Waals surface area (Å²) in [5.41, 5.74) is 2.37. The minimum absolute atomic E-state index is 0.153. The molecule has 0 aromatic carbocycles. The number of hydrogen-bond donors (Lipinski definition) is 0. The molecule has 0 aromatic heterocycles. The Kier molecular flexibility index (Phi) is 5.64. The van der Waals surface area contributed by atoms with Crippen LogP contribution in [-0.2, 0) is 9.22 Å². The van der Waals surface area contributed by atoms with Crippen LogP contribution in [-0.4, -0.2) is 14.3 Å². The third kappa shape index (κ3) is 3.15. The zero-order chi connectivity index (χ0) is 15.4. The highest BCUT2D eigenvalue weighted by Gasteiger charge is 2.58. The molecule has 0 bridgehead atoms. The summed E-state index contributed by atoms with van der Waals surface area (Å²) in [5.74, 6) is 0.153. The molecular formula is C19H34O2Si. The van der Waals surface area contributed by atoms with E-state index in [0.717, 1.165) is 23.0 Å². The molecule has 0 atom stereocenters. The smallest absolute Gasteiger partial charge is 0.292 e. The number of carbonyl (C=O) groups is 1. The van der Waals surface area contributed by atoms with Gasteiger partial charge in [0, 0.05) is 6.42 Å². The topological polar surface area (TPSA) is 26.3 Å². The molecule has 0 radical (unpaired) electrons. The summed E-state index contributed by atoms with van der Waals surface area (Å²) < 4.78 is 6.63. The minimum Gasteiger partial charge on any atom is -0.518 e. The predicted molar refractivity (Wildman–Crippen MR) is 93.4 cm³/mol. The molecule has 2 nitrogen and oxygen atoms in total. The fourth-order valence-corrected chi connectivity index (χ4v) is 12.8. The summed E-state index contributed by atoms with van der Waals surface area (Å²) >= 11 is 0. The molecule has 0 saturated heterocycles. The Morgan fingerprint density at radius 3 is 1.50 bits per heavy atom. The summed E-state index contributed by atoms with van der Waals surface area (Å²) in [4.78, 5) is 12.5. The Morgan fingerprint density at radius 1 is 0.818 bits per heavy atom. The number of rotatable bonds is 6. The van der Waals surface area contributed by atoms with Gasteiger partial charge in [0.15, 0.2) is 0 Å². The van der Waals surface area contributed by atoms with Crippen molar-refractivity contribution in [3.63, 3.8) is 0 Å². The Bertz CT molecular complexity index is 323. The maximum absolute atomic E-state index is 12.5. The third-order valence-electron chi connectivity index (χ3n) is 6.72. The zero-order valence-electron chi connectivity index (χ0n) is 14.4. The van der Waals surface area contributed by atoms with E-state index in [1.807, 2.05) is 0 Å². The first-order valence-corrected chi connectivity index (χ1v) is 12.1. The van der Waals surface area contributed by atoms with Crippen LogP contribution >= 0.6 is 0 Å². The molecule has 0 unspecified atom stereocenters. The van der Waals surface area contributed by atoms with E-state index in [1.54, 1.807) is 0 Å². The van der Waals surface area contributed by atoms with E-state index in [1.165, 1.54) is 77.0 Å². The maximum atomic E-state index is 12.5. The van der Waals surface area contributed by atoms with Gasteiger partial charge in [-0.1, -0.05) is 45.4 Å². The first kappa shape index (κ1) is 16.5. The lowest BCUT2D eigenvalue weighted by Gasteiger charge is -2.45. The maximum Gasteiger partial charge on any atom is 0.292 e. The van der Waals surface area contributed by atoms with E-state index >= 15 is 0 Å². The van der Waals surface area contributed by atoms with Gasteiger partial charge in [0.25, 0.3) is 14.3 Å². The second kappa shape index (κ2) is 7.50. The van der Waals surface area contributed by atoms with Crippen molar-refractivity contribution in [2.24, 2.45) is 0 Å². The molecule has 0 spiro atoms. The van der Waals surface area contributed by atoms with Crippen molar-refractivity contribution < 1.29 is 9.22 Å². The van der Waals surface area contributed by atoms with Crippen molar-refractivity contribution in [3.05, 3.63) is 0 Å². The molecule has 22 heavy (non-hydrogen) atoms. The van der Waals surface area contributed by atoms with E-state index in [9.17, 15) is 4.79 Å². The van der Waals surface area contributed by atoms with E-state index in [4.69, 9.17) is 4.43 Å². The molecule has 3 heteroatoms. The molecule has 3 fully saturated rings. The second-order valence-electron chi connectivity index (χ2n) is 8.02. The van der Waals surface area contributed by atoms with Gasteiger partial charge in [-0.3, -0.25) is 4.79 Å². The highest BCUT2D eigenvalue weighted by atomic mass is 28.4. The molecule has 126 valence electrons. The van der Waals surface area contributed by atoms with Crippen LogP contribution in [0.5, 0.6) is 0 Å². The van der Waals surface area contributed by atoms with Gasteiger partial charge in [-0.25, -0.2) is 0 Å². The lowest BCUT2D eigenvalue weighted by molar-refractivity contribution is -0.135. The summed E-state index contributed by atoms with van der Waals surface area (Å²) in [6.07, 6.45) is 18.0. The van der Waals surface area contributed by atoms with Gasteiger partial charge in [-0.05, 0) is 61.6 Å². The molecule has 0 N–H and O–H groups in total. The normalized spacial score (nSPS) is 25.1. The monoisotopic (exact) mass is 322 g/mol. The molecule has 0 aliphatic heterocycles. The number of carbonyl (C=O) groups excluding carboxylic acids is 1. The van der Waals surface area contributed by atoms with Gasteiger partial charge < -0.3 is 4.43 Å². The molecule has 3 aliphatic carbocycles. The molecule has 0 amide bonds. The van der Waals surface area contributed by atoms with Crippen molar-refractivity contribution in [1.29, 1.82) is 0 Å². The van der Waals surface area contributed by atoms with E-state index in [-0.39, 0.29) is 5.97 Å². The molecule has 3 saturated carbocycles. The lowest BCUT2D eigenvalue weighted by Crippen LogP contribution is -2.52. The van der Waals surface area contributed by atoms with E-state index < -0.39 is 8.32 Å². The first-order chi connectivity index (χ1) is 10.8. The van der Waals surface area contributed by atoms with Gasteiger partial charge in [0.1, 0.15) is 0 Å². The number of hydrogen-bond acceptors (Lipinski definition) is 2. The van der Waals surface area contributed by atoms with Crippen LogP contribution in [0.1, 0.15) is 96.8 Å². The average Bonchev–Trinajstić information content (AvgIpc) is 3.28. The lowest BCUT2D eigenvalue weighted by atomic mass is 10.3. The quantitative estimate of drug-likeness (QED) is 0.552. The molecular weight excluding hydrogens is 288 g/mol. The van der Waals surface area contributed by atoms with Crippen LogP contribution in [0.15, 0.2) is 0 Å². The summed E-state index contributed by atoms with van der Waals surface area (Å²) in [6.45, 7) is 2.10. The second-order valence-corrected chi connectivity index (χ2v) is 12.4. The van der Waals surface area contributed by atoms with Gasteiger partial charge in [0.05, 0.1) is 0 Å². The van der Waals surface area contributed by atoms with Crippen molar-refractivity contribution in [2.75, 3.05) is 0 Å². The van der Waals surface area contributed by atoms with Gasteiger partial charge in [0.2, 0.25) is 0 Å². The van der Waals surface area contributed by atoms with E-state index in [0.29, 0.717) is 6.42 Å². The summed E-state index contributed by atoms with van der Waals surface area (Å²) in [7, 11) is -1.95. The van der Waals surface area contributed by atoms with Crippen molar-refractivity contribution in [3.8, 4) is 0 Å². The highest BCUT2D eigenvalue weighted by molar-refractivity contribution is 6.79. The fraction of sp³-hybridized carbons (Fsp3) is 0.947. The van der Waals surface area contributed by atoms with Crippen LogP contribution in [0.3, 0.4) is 0 Å². The average molecular weight is 323 g/mol. The Labute approximate surface area is 137 Å². The molecule has 3 aliphatic rings. The Morgan fingerprint density at radius 2 is 1.18 bits per heavy atom. The summed E-state index contributed by atoms with van der Waals surface area (Å²) in [5, 5.41) is 0. The SMILES string of the molecule is CCCC(=O)O[Si](C1CCCC1)(C1CCCC1)C1CCCC1. The third-order valence-corrected chi connectivity index (χ3v) is 12.9. The molecule has 0 aromatic rings. The zero-order valence-corrected chi connectivity index (χ0v) is 15.4. The fourth-order valence-electron chi connectivity index (χ4n) is 5.83. The van der Waals surface area contributed by atoms with Gasteiger partial charge in [-0.15, -0.1) is 0 Å². The Hall–Kier alpha value is -0.313. The van der Waals surface area contributed by atoms with Crippen LogP contribution in [0, 0.1) is 0 Å². The van der Waals surface area contributed by atoms with Crippen LogP contribution in [0.25, 0.3) is 0 Å². The van der Waals surface area contributed by atoms with Crippen molar-refractivity contribution in [2.45, 2.75) is 113 Å². The van der Waals surface area contributed by atoms with E-state index in [2.05, 4.69) is 6.92 Å². The first-order valence-electron chi connectivity index (χ1n) is 9.99.